The van der Waals surface area contributed by atoms with E-state index in [2.05, 4.69) is 10.1 Å². The number of aromatic nitrogens is 3. The van der Waals surface area contributed by atoms with E-state index in [-0.39, 0.29) is 0 Å². The quantitative estimate of drug-likeness (QED) is 0.663. The molecule has 134 valence electrons. The first-order chi connectivity index (χ1) is 12.2. The molecule has 0 aliphatic heterocycles. The van der Waals surface area contributed by atoms with Crippen LogP contribution in [0.5, 0.6) is 0 Å². The zero-order valence-corrected chi connectivity index (χ0v) is 16.2. The summed E-state index contributed by atoms with van der Waals surface area (Å²) in [5, 5.41) is 4.85. The van der Waals surface area contributed by atoms with Crippen molar-refractivity contribution in [2.24, 2.45) is 0 Å². The average Bonchev–Trinajstić information content (AvgIpc) is 2.57. The fourth-order valence-electron chi connectivity index (χ4n) is 2.70. The Morgan fingerprint density at radius 2 is 1.77 bits per heavy atom. The van der Waals surface area contributed by atoms with E-state index in [1.165, 1.54) is 0 Å². The molecule has 0 fully saturated rings. The molecule has 0 saturated heterocycles. The molecule has 0 aliphatic carbocycles. The molecular formula is C18H14Cl3N3O2. The summed E-state index contributed by atoms with van der Waals surface area (Å²) in [4.78, 5) is 24.5. The van der Waals surface area contributed by atoms with Crippen LogP contribution in [-0.4, -0.2) is 14.8 Å². The van der Waals surface area contributed by atoms with Crippen LogP contribution in [0.2, 0.25) is 10.0 Å². The Labute approximate surface area is 164 Å². The molecule has 26 heavy (non-hydrogen) atoms. The highest BCUT2D eigenvalue weighted by atomic mass is 35.5. The van der Waals surface area contributed by atoms with Crippen molar-refractivity contribution >= 4 is 34.8 Å². The van der Waals surface area contributed by atoms with E-state index in [4.69, 9.17) is 34.8 Å². The number of alkyl halides is 1. The molecule has 3 rings (SSSR count). The minimum absolute atomic E-state index is 0.373. The summed E-state index contributed by atoms with van der Waals surface area (Å²) in [7, 11) is 0. The largest absolute Gasteiger partial charge is 0.349 e. The predicted octanol–water partition coefficient (Wildman–Crippen LogP) is 4.04. The van der Waals surface area contributed by atoms with Crippen LogP contribution in [-0.2, 0) is 4.87 Å². The normalized spacial score (nSPS) is 13.4. The van der Waals surface area contributed by atoms with Crippen LogP contribution in [0.15, 0.2) is 52.2 Å². The molecule has 3 aromatic rings. The van der Waals surface area contributed by atoms with Gasteiger partial charge in [0.15, 0.2) is 0 Å². The van der Waals surface area contributed by atoms with E-state index in [9.17, 15) is 9.59 Å². The molecule has 8 heteroatoms. The van der Waals surface area contributed by atoms with Crippen molar-refractivity contribution in [1.29, 1.82) is 0 Å². The fraction of sp³-hybridized carbons (Fsp3) is 0.167. The minimum atomic E-state index is -0.894. The molecule has 0 aliphatic rings. The van der Waals surface area contributed by atoms with Gasteiger partial charge in [-0.15, -0.1) is 11.6 Å². The van der Waals surface area contributed by atoms with E-state index < -0.39 is 16.1 Å². The number of hydrogen-bond donors (Lipinski definition) is 1. The summed E-state index contributed by atoms with van der Waals surface area (Å²) in [6.45, 7) is 3.64. The second kappa shape index (κ2) is 6.91. The Balaban J connectivity index is 2.14. The number of aromatic amines is 1. The Bertz CT molecular complexity index is 1090. The molecule has 0 amide bonds. The maximum atomic E-state index is 12.0. The highest BCUT2D eigenvalue weighted by Crippen LogP contribution is 2.41. The molecule has 5 nitrogen and oxygen atoms in total. The summed E-state index contributed by atoms with van der Waals surface area (Å²) in [5.74, 6) is 0. The first kappa shape index (κ1) is 18.7. The van der Waals surface area contributed by atoms with Crippen LogP contribution < -0.4 is 11.2 Å². The zero-order chi connectivity index (χ0) is 19.1. The number of nitrogens with zero attached hydrogens (tertiary/aromatic N) is 2. The van der Waals surface area contributed by atoms with E-state index in [0.717, 1.165) is 22.0 Å². The maximum absolute atomic E-state index is 12.0. The summed E-state index contributed by atoms with van der Waals surface area (Å²) in [6.07, 6.45) is 1.03. The lowest BCUT2D eigenvalue weighted by Gasteiger charge is -2.26. The molecule has 1 aromatic heterocycles. The zero-order valence-electron chi connectivity index (χ0n) is 13.9. The number of H-pyrrole nitrogens is 1. The van der Waals surface area contributed by atoms with Gasteiger partial charge in [-0.25, -0.2) is 4.79 Å². The minimum Gasteiger partial charge on any atom is -0.271 e. The van der Waals surface area contributed by atoms with Crippen LogP contribution in [0.3, 0.4) is 0 Å². The smallest absolute Gasteiger partial charge is 0.271 e. The second-order valence-corrected chi connectivity index (χ2v) is 7.58. The van der Waals surface area contributed by atoms with Crippen molar-refractivity contribution in [3.8, 4) is 5.69 Å². The van der Waals surface area contributed by atoms with E-state index in [1.807, 2.05) is 26.0 Å². The summed E-state index contributed by atoms with van der Waals surface area (Å²) in [6, 6.07) is 10.6. The van der Waals surface area contributed by atoms with Crippen molar-refractivity contribution in [3.63, 3.8) is 0 Å². The number of rotatable bonds is 3. The Morgan fingerprint density at radius 3 is 2.38 bits per heavy atom. The molecule has 0 saturated carbocycles. The predicted molar refractivity (Wildman–Crippen MR) is 104 cm³/mol. The van der Waals surface area contributed by atoms with Gasteiger partial charge < -0.3 is 0 Å². The molecule has 1 atom stereocenters. The molecule has 0 radical (unpaired) electrons. The van der Waals surface area contributed by atoms with Gasteiger partial charge in [0.05, 0.1) is 10.6 Å². The third-order valence-electron chi connectivity index (χ3n) is 4.12. The molecular weight excluding hydrogens is 397 g/mol. The SMILES string of the molecule is Cc1cc(C(C)(Cl)c2ccc(Cl)cc2)c(Cl)cc1-n1ncc(=O)[nH]c1=O. The van der Waals surface area contributed by atoms with Gasteiger partial charge in [0, 0.05) is 10.0 Å². The van der Waals surface area contributed by atoms with Crippen LogP contribution in [0, 0.1) is 6.92 Å². The molecule has 1 N–H and O–H groups in total. The molecule has 1 heterocycles. The van der Waals surface area contributed by atoms with Gasteiger partial charge in [-0.1, -0.05) is 41.4 Å². The summed E-state index contributed by atoms with van der Waals surface area (Å²) < 4.78 is 1.08. The number of hydrogen-bond acceptors (Lipinski definition) is 3. The lowest BCUT2D eigenvalue weighted by molar-refractivity contribution is 0.742. The van der Waals surface area contributed by atoms with Gasteiger partial charge in [-0.3, -0.25) is 9.78 Å². The highest BCUT2D eigenvalue weighted by molar-refractivity contribution is 6.34. The van der Waals surface area contributed by atoms with Gasteiger partial charge in [0.1, 0.15) is 6.20 Å². The number of benzene rings is 2. The van der Waals surface area contributed by atoms with Crippen LogP contribution in [0.1, 0.15) is 23.6 Å². The van der Waals surface area contributed by atoms with Crippen molar-refractivity contribution < 1.29 is 0 Å². The molecule has 2 aromatic carbocycles. The summed E-state index contributed by atoms with van der Waals surface area (Å²) >= 11 is 19.2. The Morgan fingerprint density at radius 1 is 1.12 bits per heavy atom. The maximum Gasteiger partial charge on any atom is 0.349 e. The second-order valence-electron chi connectivity index (χ2n) is 5.98. The third kappa shape index (κ3) is 3.43. The molecule has 1 unspecified atom stereocenters. The Kier molecular flexibility index (Phi) is 4.97. The van der Waals surface area contributed by atoms with Gasteiger partial charge in [-0.2, -0.15) is 9.78 Å². The molecule has 0 spiro atoms. The van der Waals surface area contributed by atoms with Crippen molar-refractivity contribution in [2.45, 2.75) is 18.7 Å². The van der Waals surface area contributed by atoms with Crippen LogP contribution in [0.4, 0.5) is 0 Å². The lowest BCUT2D eigenvalue weighted by Crippen LogP contribution is -2.30. The lowest BCUT2D eigenvalue weighted by atomic mass is 9.90. The van der Waals surface area contributed by atoms with Gasteiger partial charge in [0.2, 0.25) is 0 Å². The van der Waals surface area contributed by atoms with Gasteiger partial charge in [0.25, 0.3) is 5.56 Å². The standard InChI is InChI=1S/C18H14Cl3N3O2/c1-10-7-13(18(2,21)11-3-5-12(19)6-4-11)14(20)8-15(10)24-17(26)23-16(25)9-22-24/h3-9H,1-2H3,(H,23,25,26). The fourth-order valence-corrected chi connectivity index (χ4v) is 3.51. The van der Waals surface area contributed by atoms with Gasteiger partial charge >= 0.3 is 5.69 Å². The van der Waals surface area contributed by atoms with Crippen molar-refractivity contribution in [3.05, 3.63) is 90.2 Å². The summed E-state index contributed by atoms with van der Waals surface area (Å²) in [5.41, 5.74) is 1.49. The first-order valence-electron chi connectivity index (χ1n) is 7.65. The van der Waals surface area contributed by atoms with E-state index in [0.29, 0.717) is 21.3 Å². The van der Waals surface area contributed by atoms with Crippen LogP contribution >= 0.6 is 34.8 Å². The van der Waals surface area contributed by atoms with Crippen LogP contribution in [0.25, 0.3) is 5.69 Å². The number of aryl methyl sites for hydroxylation is 1. The average molecular weight is 411 g/mol. The molecule has 0 bridgehead atoms. The third-order valence-corrected chi connectivity index (χ3v) is 5.11. The van der Waals surface area contributed by atoms with Crippen molar-refractivity contribution in [1.82, 2.24) is 14.8 Å². The topological polar surface area (TPSA) is 67.8 Å². The highest BCUT2D eigenvalue weighted by Gasteiger charge is 2.29. The van der Waals surface area contributed by atoms with Crippen molar-refractivity contribution in [2.75, 3.05) is 0 Å². The first-order valence-corrected chi connectivity index (χ1v) is 8.78. The van der Waals surface area contributed by atoms with E-state index in [1.54, 1.807) is 24.3 Å². The van der Waals surface area contributed by atoms with E-state index >= 15 is 0 Å². The Hall–Kier alpha value is -2.08. The monoisotopic (exact) mass is 409 g/mol. The number of nitrogens with one attached hydrogen (secondary N) is 1. The number of halogens is 3. The van der Waals surface area contributed by atoms with Gasteiger partial charge in [-0.05, 0) is 48.7 Å².